The van der Waals surface area contributed by atoms with Gasteiger partial charge in [0.25, 0.3) is 0 Å². The van der Waals surface area contributed by atoms with E-state index in [2.05, 4.69) is 0 Å². The first-order chi connectivity index (χ1) is 6.77. The first kappa shape index (κ1) is 11.9. The van der Waals surface area contributed by atoms with E-state index in [1.807, 2.05) is 6.92 Å². The summed E-state index contributed by atoms with van der Waals surface area (Å²) in [7, 11) is 0. The van der Waals surface area contributed by atoms with Gasteiger partial charge in [0.05, 0.1) is 12.7 Å². The molecule has 4 heteroatoms. The van der Waals surface area contributed by atoms with Crippen LogP contribution in [-0.4, -0.2) is 42.4 Å². The van der Waals surface area contributed by atoms with Gasteiger partial charge in [-0.25, -0.2) is 0 Å². The van der Waals surface area contributed by atoms with Gasteiger partial charge in [-0.15, -0.1) is 0 Å². The van der Waals surface area contributed by atoms with E-state index in [9.17, 15) is 0 Å². The van der Waals surface area contributed by atoms with Crippen LogP contribution in [0.5, 0.6) is 0 Å². The van der Waals surface area contributed by atoms with Crippen molar-refractivity contribution in [3.63, 3.8) is 0 Å². The fraction of sp³-hybridized carbons (Fsp3) is 1.00. The largest absolute Gasteiger partial charge is 0.396 e. The Morgan fingerprint density at radius 2 is 2.14 bits per heavy atom. The van der Waals surface area contributed by atoms with Crippen LogP contribution in [0.15, 0.2) is 0 Å². The normalized spacial score (nSPS) is 27.2. The third-order valence-electron chi connectivity index (χ3n) is 2.57. The Labute approximate surface area is 84.8 Å². The molecule has 1 aliphatic heterocycles. The third-order valence-corrected chi connectivity index (χ3v) is 2.57. The Kier molecular flexibility index (Phi) is 5.40. The molecule has 0 spiro atoms. The standard InChI is InChI=1S/C10H20O4/c1-8(6-11)9(7-12)14-10-4-2-3-5-13-10/h8-12H,2-7H2,1H3/t8-,9+,10?/m0/s1. The molecule has 3 atom stereocenters. The van der Waals surface area contributed by atoms with Gasteiger partial charge in [-0.1, -0.05) is 6.92 Å². The summed E-state index contributed by atoms with van der Waals surface area (Å²) in [6.45, 7) is 2.54. The lowest BCUT2D eigenvalue weighted by molar-refractivity contribution is -0.206. The smallest absolute Gasteiger partial charge is 0.158 e. The van der Waals surface area contributed by atoms with Crippen LogP contribution >= 0.6 is 0 Å². The molecule has 1 saturated heterocycles. The summed E-state index contributed by atoms with van der Waals surface area (Å²) in [6.07, 6.45) is 2.56. The van der Waals surface area contributed by atoms with Gasteiger partial charge in [-0.2, -0.15) is 0 Å². The molecule has 0 aromatic heterocycles. The molecule has 4 nitrogen and oxygen atoms in total. The van der Waals surface area contributed by atoms with Crippen LogP contribution < -0.4 is 0 Å². The number of aliphatic hydroxyl groups is 2. The highest BCUT2D eigenvalue weighted by atomic mass is 16.7. The van der Waals surface area contributed by atoms with Gasteiger partial charge < -0.3 is 19.7 Å². The van der Waals surface area contributed by atoms with E-state index in [4.69, 9.17) is 19.7 Å². The molecule has 0 aromatic rings. The highest BCUT2D eigenvalue weighted by molar-refractivity contribution is 4.66. The highest BCUT2D eigenvalue weighted by Gasteiger charge is 2.23. The van der Waals surface area contributed by atoms with E-state index in [1.165, 1.54) is 0 Å². The van der Waals surface area contributed by atoms with E-state index in [0.29, 0.717) is 0 Å². The van der Waals surface area contributed by atoms with E-state index >= 15 is 0 Å². The Morgan fingerprint density at radius 3 is 2.64 bits per heavy atom. The zero-order chi connectivity index (χ0) is 10.4. The summed E-state index contributed by atoms with van der Waals surface area (Å²) in [5.74, 6) is -0.0504. The second kappa shape index (κ2) is 6.35. The highest BCUT2D eigenvalue weighted by Crippen LogP contribution is 2.18. The summed E-state index contributed by atoms with van der Waals surface area (Å²) < 4.78 is 11.0. The molecule has 1 fully saturated rings. The average Bonchev–Trinajstić information content (AvgIpc) is 2.26. The van der Waals surface area contributed by atoms with Crippen LogP contribution in [0.25, 0.3) is 0 Å². The van der Waals surface area contributed by atoms with Crippen molar-refractivity contribution >= 4 is 0 Å². The first-order valence-electron chi connectivity index (χ1n) is 5.26. The summed E-state index contributed by atoms with van der Waals surface area (Å²) in [6, 6.07) is 0. The predicted molar refractivity (Wildman–Crippen MR) is 51.8 cm³/mol. The quantitative estimate of drug-likeness (QED) is 0.685. The summed E-state index contributed by atoms with van der Waals surface area (Å²) in [5, 5.41) is 18.0. The zero-order valence-corrected chi connectivity index (χ0v) is 8.69. The van der Waals surface area contributed by atoms with Crippen molar-refractivity contribution in [3.8, 4) is 0 Å². The zero-order valence-electron chi connectivity index (χ0n) is 8.69. The van der Waals surface area contributed by atoms with Crippen molar-refractivity contribution in [2.24, 2.45) is 5.92 Å². The molecule has 0 aliphatic carbocycles. The lowest BCUT2D eigenvalue weighted by Gasteiger charge is -2.29. The van der Waals surface area contributed by atoms with Crippen LogP contribution in [-0.2, 0) is 9.47 Å². The van der Waals surface area contributed by atoms with E-state index in [-0.39, 0.29) is 31.5 Å². The fourth-order valence-electron chi connectivity index (χ4n) is 1.49. The van der Waals surface area contributed by atoms with Crippen LogP contribution in [0.1, 0.15) is 26.2 Å². The molecule has 0 radical (unpaired) electrons. The van der Waals surface area contributed by atoms with Gasteiger partial charge in [0.2, 0.25) is 0 Å². The molecule has 0 bridgehead atoms. The third kappa shape index (κ3) is 3.53. The van der Waals surface area contributed by atoms with Crippen molar-refractivity contribution in [1.82, 2.24) is 0 Å². The maximum atomic E-state index is 9.07. The molecule has 0 saturated carbocycles. The number of aliphatic hydroxyl groups excluding tert-OH is 2. The van der Waals surface area contributed by atoms with Crippen molar-refractivity contribution < 1.29 is 19.7 Å². The Hall–Kier alpha value is -0.160. The second-order valence-corrected chi connectivity index (χ2v) is 3.81. The Bertz CT molecular complexity index is 145. The van der Waals surface area contributed by atoms with Crippen LogP contribution in [0.4, 0.5) is 0 Å². The average molecular weight is 204 g/mol. The molecule has 0 amide bonds. The van der Waals surface area contributed by atoms with Gasteiger partial charge >= 0.3 is 0 Å². The molecule has 14 heavy (non-hydrogen) atoms. The molecular formula is C10H20O4. The Balaban J connectivity index is 2.30. The minimum atomic E-state index is -0.317. The van der Waals surface area contributed by atoms with Gasteiger partial charge in [0, 0.05) is 19.1 Å². The number of ether oxygens (including phenoxy) is 2. The van der Waals surface area contributed by atoms with E-state index in [0.717, 1.165) is 25.9 Å². The van der Waals surface area contributed by atoms with E-state index < -0.39 is 0 Å². The number of hydrogen-bond donors (Lipinski definition) is 2. The topological polar surface area (TPSA) is 58.9 Å². The maximum Gasteiger partial charge on any atom is 0.158 e. The fourth-order valence-corrected chi connectivity index (χ4v) is 1.49. The molecular weight excluding hydrogens is 184 g/mol. The molecule has 1 unspecified atom stereocenters. The van der Waals surface area contributed by atoms with Gasteiger partial charge in [-0.05, 0) is 19.3 Å². The van der Waals surface area contributed by atoms with Gasteiger partial charge in [0.15, 0.2) is 6.29 Å². The molecule has 2 N–H and O–H groups in total. The summed E-state index contributed by atoms with van der Waals surface area (Å²) in [5.41, 5.74) is 0. The molecule has 84 valence electrons. The monoisotopic (exact) mass is 204 g/mol. The SMILES string of the molecule is C[C@@H](CO)[C@@H](CO)OC1CCCCO1. The predicted octanol–water partition coefficient (Wildman–Crippen LogP) is 0.519. The number of hydrogen-bond acceptors (Lipinski definition) is 4. The van der Waals surface area contributed by atoms with E-state index in [1.54, 1.807) is 0 Å². The van der Waals surface area contributed by atoms with Crippen molar-refractivity contribution in [3.05, 3.63) is 0 Å². The molecule has 1 rings (SSSR count). The molecule has 1 heterocycles. The summed E-state index contributed by atoms with van der Waals surface area (Å²) in [4.78, 5) is 0. The van der Waals surface area contributed by atoms with Crippen LogP contribution in [0.2, 0.25) is 0 Å². The Morgan fingerprint density at radius 1 is 1.36 bits per heavy atom. The van der Waals surface area contributed by atoms with Gasteiger partial charge in [0.1, 0.15) is 0 Å². The van der Waals surface area contributed by atoms with Crippen molar-refractivity contribution in [2.45, 2.75) is 38.6 Å². The number of rotatable bonds is 5. The minimum Gasteiger partial charge on any atom is -0.396 e. The molecule has 1 aliphatic rings. The second-order valence-electron chi connectivity index (χ2n) is 3.81. The lowest BCUT2D eigenvalue weighted by Crippen LogP contribution is -2.35. The van der Waals surface area contributed by atoms with Gasteiger partial charge in [-0.3, -0.25) is 0 Å². The maximum absolute atomic E-state index is 9.07. The minimum absolute atomic E-state index is 0.0257. The van der Waals surface area contributed by atoms with Crippen molar-refractivity contribution in [2.75, 3.05) is 19.8 Å². The van der Waals surface area contributed by atoms with Crippen LogP contribution in [0, 0.1) is 5.92 Å². The first-order valence-corrected chi connectivity index (χ1v) is 5.26. The van der Waals surface area contributed by atoms with Crippen molar-refractivity contribution in [1.29, 1.82) is 0 Å². The van der Waals surface area contributed by atoms with Crippen LogP contribution in [0.3, 0.4) is 0 Å². The molecule has 0 aromatic carbocycles. The summed E-state index contributed by atoms with van der Waals surface area (Å²) >= 11 is 0. The lowest BCUT2D eigenvalue weighted by atomic mass is 10.1.